The number of aryl methyl sites for hydroxylation is 1. The van der Waals surface area contributed by atoms with Crippen molar-refractivity contribution >= 4 is 21.7 Å². The molecule has 0 radical (unpaired) electrons. The van der Waals surface area contributed by atoms with E-state index in [1.807, 2.05) is 35.8 Å². The van der Waals surface area contributed by atoms with Gasteiger partial charge in [0.15, 0.2) is 5.82 Å². The highest BCUT2D eigenvalue weighted by Crippen LogP contribution is 2.25. The van der Waals surface area contributed by atoms with E-state index in [2.05, 4.69) is 49.9 Å². The van der Waals surface area contributed by atoms with Crippen LogP contribution in [-0.2, 0) is 6.54 Å². The fraction of sp³-hybridized carbons (Fsp3) is 0.300. The average molecular weight is 428 g/mol. The van der Waals surface area contributed by atoms with Crippen LogP contribution in [0.5, 0.6) is 0 Å². The highest BCUT2D eigenvalue weighted by molar-refractivity contribution is 9.10. The predicted octanol–water partition coefficient (Wildman–Crippen LogP) is 3.81. The molecular formula is C20H22BrN5O. The van der Waals surface area contributed by atoms with E-state index in [4.69, 9.17) is 0 Å². The highest BCUT2D eigenvalue weighted by atomic mass is 79.9. The highest BCUT2D eigenvalue weighted by Gasteiger charge is 2.21. The fourth-order valence-corrected chi connectivity index (χ4v) is 3.35. The summed E-state index contributed by atoms with van der Waals surface area (Å²) in [4.78, 5) is 19.6. The van der Waals surface area contributed by atoms with Crippen LogP contribution in [0.15, 0.2) is 47.1 Å². The molecule has 3 rings (SSSR count). The lowest BCUT2D eigenvalue weighted by Gasteiger charge is -2.19. The molecule has 6 nitrogen and oxygen atoms in total. The van der Waals surface area contributed by atoms with Crippen LogP contribution in [0.25, 0.3) is 5.69 Å². The summed E-state index contributed by atoms with van der Waals surface area (Å²) in [5.74, 6) is 1.43. The molecule has 0 bridgehead atoms. The number of benzene rings is 1. The predicted molar refractivity (Wildman–Crippen MR) is 108 cm³/mol. The van der Waals surface area contributed by atoms with Crippen LogP contribution in [-0.4, -0.2) is 43.5 Å². The monoisotopic (exact) mass is 427 g/mol. The Hall–Kier alpha value is -2.38. The van der Waals surface area contributed by atoms with Gasteiger partial charge in [0.25, 0.3) is 0 Å². The van der Waals surface area contributed by atoms with E-state index in [0.29, 0.717) is 17.8 Å². The summed E-state index contributed by atoms with van der Waals surface area (Å²) in [7, 11) is 0. The minimum Gasteiger partial charge on any atom is -0.296 e. The molecule has 2 aromatic heterocycles. The van der Waals surface area contributed by atoms with Crippen molar-refractivity contribution in [2.75, 3.05) is 13.1 Å². The molecule has 7 heteroatoms. The largest absolute Gasteiger partial charge is 0.296 e. The fourth-order valence-electron chi connectivity index (χ4n) is 2.99. The van der Waals surface area contributed by atoms with Gasteiger partial charge in [-0.25, -0.2) is 0 Å². The zero-order valence-corrected chi connectivity index (χ0v) is 17.3. The summed E-state index contributed by atoms with van der Waals surface area (Å²) in [6, 6.07) is 11.0. The molecule has 0 atom stereocenters. The van der Waals surface area contributed by atoms with Crippen LogP contribution in [0.1, 0.15) is 41.5 Å². The van der Waals surface area contributed by atoms with Crippen molar-refractivity contribution in [3.8, 4) is 5.69 Å². The molecule has 0 N–H and O–H groups in total. The van der Waals surface area contributed by atoms with Gasteiger partial charge in [-0.3, -0.25) is 19.2 Å². The Labute approximate surface area is 167 Å². The van der Waals surface area contributed by atoms with Crippen LogP contribution < -0.4 is 0 Å². The smallest absolute Gasteiger partial charge is 0.213 e. The lowest BCUT2D eigenvalue weighted by molar-refractivity contribution is 0.103. The normalized spacial score (nSPS) is 11.1. The molecule has 0 aliphatic heterocycles. The summed E-state index contributed by atoms with van der Waals surface area (Å²) in [6.45, 7) is 8.64. The summed E-state index contributed by atoms with van der Waals surface area (Å²) in [5, 5.41) is 8.61. The van der Waals surface area contributed by atoms with E-state index >= 15 is 0 Å². The first-order chi connectivity index (χ1) is 13.0. The number of pyridine rings is 1. The van der Waals surface area contributed by atoms with Gasteiger partial charge in [0.1, 0.15) is 11.5 Å². The first kappa shape index (κ1) is 19.4. The zero-order chi connectivity index (χ0) is 19.4. The minimum atomic E-state index is -0.131. The molecule has 27 heavy (non-hydrogen) atoms. The van der Waals surface area contributed by atoms with Gasteiger partial charge in [0.05, 0.1) is 12.2 Å². The van der Waals surface area contributed by atoms with E-state index in [1.165, 1.54) is 0 Å². The Morgan fingerprint density at radius 3 is 2.59 bits per heavy atom. The summed E-state index contributed by atoms with van der Waals surface area (Å²) < 4.78 is 2.79. The second-order valence-corrected chi connectivity index (χ2v) is 7.08. The number of halogens is 1. The molecule has 0 spiro atoms. The van der Waals surface area contributed by atoms with Crippen molar-refractivity contribution in [2.45, 2.75) is 27.3 Å². The molecule has 0 saturated carbocycles. The van der Waals surface area contributed by atoms with Gasteiger partial charge in [0, 0.05) is 16.2 Å². The first-order valence-electron chi connectivity index (χ1n) is 8.94. The van der Waals surface area contributed by atoms with Crippen molar-refractivity contribution < 1.29 is 4.79 Å². The molecule has 2 heterocycles. The minimum absolute atomic E-state index is 0.131. The number of hydrogen-bond donors (Lipinski definition) is 0. The topological polar surface area (TPSA) is 63.9 Å². The van der Waals surface area contributed by atoms with Crippen LogP contribution in [0, 0.1) is 6.92 Å². The number of nitrogens with zero attached hydrogens (tertiary/aromatic N) is 5. The molecule has 3 aromatic rings. The Balaban J connectivity index is 2.11. The van der Waals surface area contributed by atoms with E-state index in [0.717, 1.165) is 34.9 Å². The maximum Gasteiger partial charge on any atom is 0.213 e. The van der Waals surface area contributed by atoms with E-state index < -0.39 is 0 Å². The number of hydrogen-bond acceptors (Lipinski definition) is 5. The molecule has 0 saturated heterocycles. The van der Waals surface area contributed by atoms with Crippen molar-refractivity contribution in [1.29, 1.82) is 0 Å². The number of carbonyl (C=O) groups excluding carboxylic acids is 1. The Morgan fingerprint density at radius 2 is 1.93 bits per heavy atom. The lowest BCUT2D eigenvalue weighted by atomic mass is 10.0. The van der Waals surface area contributed by atoms with Crippen molar-refractivity contribution in [1.82, 2.24) is 24.6 Å². The third-order valence-corrected chi connectivity index (χ3v) is 4.99. The molecule has 1 aromatic carbocycles. The van der Waals surface area contributed by atoms with Gasteiger partial charge in [-0.2, -0.15) is 0 Å². The summed E-state index contributed by atoms with van der Waals surface area (Å²) in [5.41, 5.74) is 1.73. The van der Waals surface area contributed by atoms with Crippen LogP contribution in [0.2, 0.25) is 0 Å². The molecule has 0 aliphatic rings. The number of ketones is 1. The Kier molecular flexibility index (Phi) is 6.13. The van der Waals surface area contributed by atoms with Gasteiger partial charge in [-0.05, 0) is 50.3 Å². The quantitative estimate of drug-likeness (QED) is 0.536. The second-order valence-electron chi connectivity index (χ2n) is 6.17. The van der Waals surface area contributed by atoms with Crippen LogP contribution in [0.4, 0.5) is 0 Å². The molecule has 0 aliphatic carbocycles. The summed E-state index contributed by atoms with van der Waals surface area (Å²) in [6.07, 6.45) is 1.63. The maximum absolute atomic E-state index is 13.1. The number of carbonyl (C=O) groups is 1. The van der Waals surface area contributed by atoms with Gasteiger partial charge in [-0.1, -0.05) is 35.8 Å². The second kappa shape index (κ2) is 8.54. The number of aromatic nitrogens is 4. The van der Waals surface area contributed by atoms with Gasteiger partial charge >= 0.3 is 0 Å². The molecule has 0 unspecified atom stereocenters. The van der Waals surface area contributed by atoms with Gasteiger partial charge < -0.3 is 0 Å². The SMILES string of the molecule is CCN(CC)Cc1nnc(C)n1-c1ccc(Br)cc1C(=O)c1ccccn1. The average Bonchev–Trinajstić information content (AvgIpc) is 3.06. The molecule has 140 valence electrons. The Bertz CT molecular complexity index is 935. The van der Waals surface area contributed by atoms with Gasteiger partial charge in [-0.15, -0.1) is 10.2 Å². The third-order valence-electron chi connectivity index (χ3n) is 4.49. The van der Waals surface area contributed by atoms with Crippen LogP contribution in [0.3, 0.4) is 0 Å². The standard InChI is InChI=1S/C20H22BrN5O/c1-4-25(5-2)13-19-24-23-14(3)26(19)18-10-9-15(21)12-16(18)20(27)17-8-6-7-11-22-17/h6-12H,4-5,13H2,1-3H3. The lowest BCUT2D eigenvalue weighted by Crippen LogP contribution is -2.24. The molecular weight excluding hydrogens is 406 g/mol. The van der Waals surface area contributed by atoms with Crippen molar-refractivity contribution in [3.05, 3.63) is 70.0 Å². The first-order valence-corrected chi connectivity index (χ1v) is 9.73. The zero-order valence-electron chi connectivity index (χ0n) is 15.7. The summed E-state index contributed by atoms with van der Waals surface area (Å²) >= 11 is 3.48. The van der Waals surface area contributed by atoms with E-state index in [1.54, 1.807) is 18.3 Å². The van der Waals surface area contributed by atoms with Crippen LogP contribution >= 0.6 is 15.9 Å². The Morgan fingerprint density at radius 1 is 1.15 bits per heavy atom. The molecule has 0 amide bonds. The van der Waals surface area contributed by atoms with Crippen molar-refractivity contribution in [3.63, 3.8) is 0 Å². The maximum atomic E-state index is 13.1. The molecule has 0 fully saturated rings. The third kappa shape index (κ3) is 4.14. The van der Waals surface area contributed by atoms with E-state index in [9.17, 15) is 4.79 Å². The van der Waals surface area contributed by atoms with Gasteiger partial charge in [0.2, 0.25) is 5.78 Å². The van der Waals surface area contributed by atoms with Crippen molar-refractivity contribution in [2.24, 2.45) is 0 Å². The van der Waals surface area contributed by atoms with E-state index in [-0.39, 0.29) is 5.78 Å². The number of rotatable bonds is 7.